The van der Waals surface area contributed by atoms with Crippen LogP contribution < -0.4 is 0 Å². The van der Waals surface area contributed by atoms with Gasteiger partial charge in [0.15, 0.2) is 0 Å². The van der Waals surface area contributed by atoms with Gasteiger partial charge in [-0.05, 0) is 30.2 Å². The van der Waals surface area contributed by atoms with Gasteiger partial charge in [0.2, 0.25) is 0 Å². The molecule has 0 bridgehead atoms. The van der Waals surface area contributed by atoms with Crippen LogP contribution in [-0.2, 0) is 20.2 Å². The van der Waals surface area contributed by atoms with Gasteiger partial charge < -0.3 is 14.2 Å². The lowest BCUT2D eigenvalue weighted by molar-refractivity contribution is -0.313. The Labute approximate surface area is 123 Å². The largest absolute Gasteiger partial charge is 0.435 e. The van der Waals surface area contributed by atoms with E-state index in [0.717, 1.165) is 28.0 Å². The highest BCUT2D eigenvalue weighted by Gasteiger charge is 2.46. The molecule has 1 saturated heterocycles. The van der Waals surface area contributed by atoms with Gasteiger partial charge in [-0.25, -0.2) is 0 Å². The van der Waals surface area contributed by atoms with E-state index < -0.39 is 5.97 Å². The minimum Gasteiger partial charge on any atom is -0.435 e. The topological polar surface area (TPSA) is 27.7 Å². The fraction of sp³-hybridized carbons (Fsp3) is 0.222. The predicted octanol–water partition coefficient (Wildman–Crippen LogP) is 3.68. The van der Waals surface area contributed by atoms with Crippen LogP contribution in [0.5, 0.6) is 0 Å². The van der Waals surface area contributed by atoms with Crippen LogP contribution in [-0.4, -0.2) is 13.2 Å². The lowest BCUT2D eigenvalue weighted by Crippen LogP contribution is -2.33. The van der Waals surface area contributed by atoms with Crippen molar-refractivity contribution in [3.05, 3.63) is 70.8 Å². The van der Waals surface area contributed by atoms with E-state index in [1.165, 1.54) is 0 Å². The van der Waals surface area contributed by atoms with E-state index in [1.807, 2.05) is 36.4 Å². The van der Waals surface area contributed by atoms with Gasteiger partial charge >= 0.3 is 5.97 Å². The Morgan fingerprint density at radius 3 is 2.43 bits per heavy atom. The molecule has 106 valence electrons. The summed E-state index contributed by atoms with van der Waals surface area (Å²) in [6.07, 6.45) is 2.05. The van der Waals surface area contributed by atoms with Crippen molar-refractivity contribution in [1.82, 2.24) is 0 Å². The summed E-state index contributed by atoms with van der Waals surface area (Å²) < 4.78 is 17.8. The van der Waals surface area contributed by atoms with Crippen LogP contribution in [0.25, 0.3) is 11.8 Å². The number of aryl methyl sites for hydroxylation is 1. The third-order valence-electron chi connectivity index (χ3n) is 3.90. The Bertz CT molecular complexity index is 712. The van der Waals surface area contributed by atoms with Crippen molar-refractivity contribution < 1.29 is 14.2 Å². The molecule has 21 heavy (non-hydrogen) atoms. The molecule has 2 aliphatic heterocycles. The van der Waals surface area contributed by atoms with Crippen LogP contribution >= 0.6 is 0 Å². The van der Waals surface area contributed by atoms with E-state index in [2.05, 4.69) is 25.1 Å². The summed E-state index contributed by atoms with van der Waals surface area (Å²) in [5, 5.41) is 0. The zero-order valence-electron chi connectivity index (χ0n) is 11.8. The zero-order chi connectivity index (χ0) is 14.3. The lowest BCUT2D eigenvalue weighted by atomic mass is 9.98. The van der Waals surface area contributed by atoms with Crippen LogP contribution in [0.15, 0.2) is 48.5 Å². The van der Waals surface area contributed by atoms with Gasteiger partial charge in [-0.1, -0.05) is 42.5 Å². The van der Waals surface area contributed by atoms with Gasteiger partial charge in [0.25, 0.3) is 0 Å². The molecule has 0 aliphatic carbocycles. The monoisotopic (exact) mass is 280 g/mol. The first kappa shape index (κ1) is 12.6. The van der Waals surface area contributed by atoms with Gasteiger partial charge in [0.1, 0.15) is 5.76 Å². The van der Waals surface area contributed by atoms with Crippen molar-refractivity contribution in [1.29, 1.82) is 0 Å². The maximum absolute atomic E-state index is 6.14. The maximum Gasteiger partial charge on any atom is 0.357 e. The van der Waals surface area contributed by atoms with Gasteiger partial charge in [-0.2, -0.15) is 0 Å². The summed E-state index contributed by atoms with van der Waals surface area (Å²) >= 11 is 0. The molecule has 0 amide bonds. The fourth-order valence-corrected chi connectivity index (χ4v) is 2.86. The maximum atomic E-state index is 6.14. The van der Waals surface area contributed by atoms with E-state index in [-0.39, 0.29) is 0 Å². The molecule has 1 spiro atoms. The molecule has 1 fully saturated rings. The number of hydrogen-bond acceptors (Lipinski definition) is 3. The summed E-state index contributed by atoms with van der Waals surface area (Å²) in [5.41, 5.74) is 4.23. The molecule has 0 radical (unpaired) electrons. The van der Waals surface area contributed by atoms with Crippen LogP contribution in [0.2, 0.25) is 0 Å². The predicted molar refractivity (Wildman–Crippen MR) is 80.2 cm³/mol. The first-order valence-corrected chi connectivity index (χ1v) is 7.13. The molecule has 0 N–H and O–H groups in total. The minimum atomic E-state index is -1.09. The van der Waals surface area contributed by atoms with E-state index in [0.29, 0.717) is 13.2 Å². The average Bonchev–Trinajstić information content (AvgIpc) is 2.97. The SMILES string of the molecule is Cc1ccccc1C1=Cc2ccccc2C2(OCCO2)O1. The van der Waals surface area contributed by atoms with E-state index in [4.69, 9.17) is 14.2 Å². The summed E-state index contributed by atoms with van der Waals surface area (Å²) in [7, 11) is 0. The molecule has 0 atom stereocenters. The highest BCUT2D eigenvalue weighted by Crippen LogP contribution is 2.44. The van der Waals surface area contributed by atoms with E-state index in [1.54, 1.807) is 0 Å². The quantitative estimate of drug-likeness (QED) is 0.797. The van der Waals surface area contributed by atoms with Crippen molar-refractivity contribution in [2.75, 3.05) is 13.2 Å². The van der Waals surface area contributed by atoms with Gasteiger partial charge in [0.05, 0.1) is 18.8 Å². The normalized spacial score (nSPS) is 19.0. The summed E-state index contributed by atoms with van der Waals surface area (Å²) in [4.78, 5) is 0. The highest BCUT2D eigenvalue weighted by atomic mass is 16.9. The number of rotatable bonds is 1. The Hall–Kier alpha value is -2.10. The smallest absolute Gasteiger partial charge is 0.357 e. The number of ether oxygens (including phenoxy) is 3. The standard InChI is InChI=1S/C18H16O3/c1-13-6-2-4-8-15(13)17-12-14-7-3-5-9-16(14)18(21-17)19-10-11-20-18/h2-9,12H,10-11H2,1H3. The van der Waals surface area contributed by atoms with Crippen LogP contribution in [0.4, 0.5) is 0 Å². The molecule has 2 heterocycles. The molecule has 3 nitrogen and oxygen atoms in total. The average molecular weight is 280 g/mol. The van der Waals surface area contributed by atoms with Crippen LogP contribution in [0.1, 0.15) is 22.3 Å². The molecule has 0 unspecified atom stereocenters. The van der Waals surface area contributed by atoms with Crippen molar-refractivity contribution in [2.24, 2.45) is 0 Å². The zero-order valence-corrected chi connectivity index (χ0v) is 11.8. The van der Waals surface area contributed by atoms with Crippen molar-refractivity contribution in [2.45, 2.75) is 12.9 Å². The Morgan fingerprint density at radius 2 is 1.62 bits per heavy atom. The second-order valence-electron chi connectivity index (χ2n) is 5.27. The van der Waals surface area contributed by atoms with Crippen molar-refractivity contribution in [3.63, 3.8) is 0 Å². The first-order valence-electron chi connectivity index (χ1n) is 7.13. The van der Waals surface area contributed by atoms with Crippen LogP contribution in [0, 0.1) is 6.92 Å². The minimum absolute atomic E-state index is 0.537. The molecule has 2 aromatic rings. The Morgan fingerprint density at radius 1 is 0.905 bits per heavy atom. The van der Waals surface area contributed by atoms with Crippen LogP contribution in [0.3, 0.4) is 0 Å². The fourth-order valence-electron chi connectivity index (χ4n) is 2.86. The van der Waals surface area contributed by atoms with Gasteiger partial charge in [-0.15, -0.1) is 0 Å². The summed E-state index contributed by atoms with van der Waals surface area (Å²) in [6, 6.07) is 16.2. The molecule has 2 aliphatic rings. The third kappa shape index (κ3) is 1.97. The molecule has 0 saturated carbocycles. The number of hydrogen-bond donors (Lipinski definition) is 0. The van der Waals surface area contributed by atoms with Gasteiger partial charge in [-0.3, -0.25) is 0 Å². The second kappa shape index (κ2) is 4.72. The molecule has 4 rings (SSSR count). The van der Waals surface area contributed by atoms with E-state index >= 15 is 0 Å². The number of benzene rings is 2. The molecule has 3 heteroatoms. The van der Waals surface area contributed by atoms with E-state index in [9.17, 15) is 0 Å². The number of fused-ring (bicyclic) bond motifs is 2. The third-order valence-corrected chi connectivity index (χ3v) is 3.90. The highest BCUT2D eigenvalue weighted by molar-refractivity contribution is 5.81. The summed E-state index contributed by atoms with van der Waals surface area (Å²) in [5.74, 6) is -0.308. The first-order chi connectivity index (χ1) is 10.3. The van der Waals surface area contributed by atoms with Gasteiger partial charge in [0, 0.05) is 5.56 Å². The Kier molecular flexibility index (Phi) is 2.84. The summed E-state index contributed by atoms with van der Waals surface area (Å²) in [6.45, 7) is 3.15. The molecule has 2 aromatic carbocycles. The molecular weight excluding hydrogens is 264 g/mol. The lowest BCUT2D eigenvalue weighted by Gasteiger charge is -2.34. The van der Waals surface area contributed by atoms with Crippen molar-refractivity contribution in [3.8, 4) is 0 Å². The molecule has 0 aromatic heterocycles. The van der Waals surface area contributed by atoms with Crippen molar-refractivity contribution >= 4 is 11.8 Å². The second-order valence-corrected chi connectivity index (χ2v) is 5.27. The Balaban J connectivity index is 1.88. The molecular formula is C18H16O3.